The van der Waals surface area contributed by atoms with E-state index in [9.17, 15) is 10.1 Å². The van der Waals surface area contributed by atoms with Gasteiger partial charge in [0.1, 0.15) is 5.82 Å². The average Bonchev–Trinajstić information content (AvgIpc) is 2.85. The van der Waals surface area contributed by atoms with Crippen LogP contribution in [0.15, 0.2) is 18.2 Å². The van der Waals surface area contributed by atoms with Crippen LogP contribution in [0.3, 0.4) is 0 Å². The van der Waals surface area contributed by atoms with Gasteiger partial charge in [0.2, 0.25) is 5.95 Å². The summed E-state index contributed by atoms with van der Waals surface area (Å²) in [7, 11) is 3.72. The van der Waals surface area contributed by atoms with Gasteiger partial charge in [-0.3, -0.25) is 15.2 Å². The summed E-state index contributed by atoms with van der Waals surface area (Å²) in [6.45, 7) is 2.18. The zero-order chi connectivity index (χ0) is 14.7. The van der Waals surface area contributed by atoms with Crippen molar-refractivity contribution in [1.82, 2.24) is 15.2 Å². The first kappa shape index (κ1) is 13.8. The molecule has 106 valence electrons. The smallest absolute Gasteiger partial charge is 0.272 e. The standard InChI is InChI=1S/C12H16N6O2/c1-8-6-9(4-5-10(8)18(19)20)13-7-11-14-12(16-15-11)17(2)3/h4-6,13H,7H2,1-3H3,(H,14,15,16). The molecule has 2 aromatic rings. The van der Waals surface area contributed by atoms with Crippen molar-refractivity contribution >= 4 is 17.3 Å². The van der Waals surface area contributed by atoms with Crippen molar-refractivity contribution in [3.05, 3.63) is 39.7 Å². The van der Waals surface area contributed by atoms with Crippen molar-refractivity contribution in [3.63, 3.8) is 0 Å². The normalized spacial score (nSPS) is 10.3. The van der Waals surface area contributed by atoms with Crippen LogP contribution >= 0.6 is 0 Å². The molecular weight excluding hydrogens is 260 g/mol. The minimum Gasteiger partial charge on any atom is -0.378 e. The highest BCUT2D eigenvalue weighted by Gasteiger charge is 2.10. The summed E-state index contributed by atoms with van der Waals surface area (Å²) in [4.78, 5) is 16.4. The summed E-state index contributed by atoms with van der Waals surface area (Å²) >= 11 is 0. The van der Waals surface area contributed by atoms with Gasteiger partial charge in [0.05, 0.1) is 11.5 Å². The largest absolute Gasteiger partial charge is 0.378 e. The van der Waals surface area contributed by atoms with Gasteiger partial charge in [0, 0.05) is 31.4 Å². The highest BCUT2D eigenvalue weighted by Crippen LogP contribution is 2.21. The predicted molar refractivity (Wildman–Crippen MR) is 75.9 cm³/mol. The van der Waals surface area contributed by atoms with E-state index < -0.39 is 0 Å². The maximum absolute atomic E-state index is 10.7. The molecule has 0 radical (unpaired) electrons. The van der Waals surface area contributed by atoms with Gasteiger partial charge in [-0.05, 0) is 19.1 Å². The van der Waals surface area contributed by atoms with Crippen LogP contribution in [0.1, 0.15) is 11.4 Å². The minimum absolute atomic E-state index is 0.116. The molecule has 1 aromatic heterocycles. The van der Waals surface area contributed by atoms with Crippen LogP contribution in [0.25, 0.3) is 0 Å². The minimum atomic E-state index is -0.390. The lowest BCUT2D eigenvalue weighted by molar-refractivity contribution is -0.385. The number of nitro benzene ring substituents is 1. The Labute approximate surface area is 116 Å². The zero-order valence-electron chi connectivity index (χ0n) is 11.5. The molecule has 0 fully saturated rings. The summed E-state index contributed by atoms with van der Waals surface area (Å²) in [5.41, 5.74) is 1.53. The second-order valence-electron chi connectivity index (χ2n) is 4.59. The molecule has 0 aliphatic carbocycles. The first-order valence-electron chi connectivity index (χ1n) is 6.05. The fourth-order valence-electron chi connectivity index (χ4n) is 1.72. The summed E-state index contributed by atoms with van der Waals surface area (Å²) < 4.78 is 0. The molecule has 8 heteroatoms. The van der Waals surface area contributed by atoms with Crippen LogP contribution in [-0.4, -0.2) is 34.2 Å². The predicted octanol–water partition coefficient (Wildman–Crippen LogP) is 1.70. The molecule has 2 N–H and O–H groups in total. The molecule has 2 rings (SSSR count). The number of aromatic amines is 1. The van der Waals surface area contributed by atoms with Crippen LogP contribution in [-0.2, 0) is 6.54 Å². The third-order valence-corrected chi connectivity index (χ3v) is 2.77. The molecule has 0 amide bonds. The number of H-pyrrole nitrogens is 1. The fraction of sp³-hybridized carbons (Fsp3) is 0.333. The van der Waals surface area contributed by atoms with Gasteiger partial charge in [-0.15, -0.1) is 5.10 Å². The number of nitrogens with one attached hydrogen (secondary N) is 2. The van der Waals surface area contributed by atoms with E-state index in [1.165, 1.54) is 6.07 Å². The number of nitro groups is 1. The molecule has 8 nitrogen and oxygen atoms in total. The topological polar surface area (TPSA) is 100.0 Å². The van der Waals surface area contributed by atoms with E-state index in [1.54, 1.807) is 24.0 Å². The summed E-state index contributed by atoms with van der Waals surface area (Å²) in [5.74, 6) is 1.31. The van der Waals surface area contributed by atoms with Gasteiger partial charge >= 0.3 is 0 Å². The number of rotatable bonds is 5. The SMILES string of the molecule is Cc1cc(NCc2nc(N(C)C)n[nH]2)ccc1[N+](=O)[O-]. The third-order valence-electron chi connectivity index (χ3n) is 2.77. The van der Waals surface area contributed by atoms with Crippen molar-refractivity contribution < 1.29 is 4.92 Å². The second-order valence-corrected chi connectivity index (χ2v) is 4.59. The van der Waals surface area contributed by atoms with Gasteiger partial charge in [0.15, 0.2) is 0 Å². The molecule has 0 unspecified atom stereocenters. The van der Waals surface area contributed by atoms with E-state index in [2.05, 4.69) is 20.5 Å². The molecule has 1 aromatic carbocycles. The summed E-state index contributed by atoms with van der Waals surface area (Å²) in [5, 5.41) is 20.8. The highest BCUT2D eigenvalue weighted by molar-refractivity contribution is 5.53. The van der Waals surface area contributed by atoms with E-state index in [0.717, 1.165) is 5.69 Å². The van der Waals surface area contributed by atoms with Crippen molar-refractivity contribution in [2.75, 3.05) is 24.3 Å². The molecule has 20 heavy (non-hydrogen) atoms. The Hall–Kier alpha value is -2.64. The van der Waals surface area contributed by atoms with E-state index >= 15 is 0 Å². The van der Waals surface area contributed by atoms with Gasteiger partial charge in [0.25, 0.3) is 5.69 Å². The molecular formula is C12H16N6O2. The lowest BCUT2D eigenvalue weighted by atomic mass is 10.2. The summed E-state index contributed by atoms with van der Waals surface area (Å²) in [6, 6.07) is 4.90. The molecule has 0 spiro atoms. The Bertz CT molecular complexity index is 622. The quantitative estimate of drug-likeness (QED) is 0.637. The fourth-order valence-corrected chi connectivity index (χ4v) is 1.72. The Kier molecular flexibility index (Phi) is 3.83. The molecule has 0 aliphatic heterocycles. The van der Waals surface area contributed by atoms with E-state index in [4.69, 9.17) is 0 Å². The molecule has 0 atom stereocenters. The first-order valence-corrected chi connectivity index (χ1v) is 6.05. The monoisotopic (exact) mass is 276 g/mol. The maximum Gasteiger partial charge on any atom is 0.272 e. The number of anilines is 2. The number of aromatic nitrogens is 3. The Morgan fingerprint density at radius 3 is 2.75 bits per heavy atom. The first-order chi connectivity index (χ1) is 9.47. The molecule has 0 saturated carbocycles. The Morgan fingerprint density at radius 2 is 2.20 bits per heavy atom. The Balaban J connectivity index is 2.03. The maximum atomic E-state index is 10.7. The van der Waals surface area contributed by atoms with Crippen LogP contribution in [0.5, 0.6) is 0 Å². The number of benzene rings is 1. The van der Waals surface area contributed by atoms with Crippen LogP contribution < -0.4 is 10.2 Å². The molecule has 0 bridgehead atoms. The average molecular weight is 276 g/mol. The van der Waals surface area contributed by atoms with E-state index in [-0.39, 0.29) is 10.6 Å². The Morgan fingerprint density at radius 1 is 1.45 bits per heavy atom. The molecule has 1 heterocycles. The van der Waals surface area contributed by atoms with Crippen molar-refractivity contribution in [3.8, 4) is 0 Å². The lowest BCUT2D eigenvalue weighted by Crippen LogP contribution is -2.10. The number of nitrogens with zero attached hydrogens (tertiary/aromatic N) is 4. The number of hydrogen-bond acceptors (Lipinski definition) is 6. The lowest BCUT2D eigenvalue weighted by Gasteiger charge is -2.06. The number of aryl methyl sites for hydroxylation is 1. The number of hydrogen-bond donors (Lipinski definition) is 2. The van der Waals surface area contributed by atoms with Crippen LogP contribution in [0.2, 0.25) is 0 Å². The molecule has 0 aliphatic rings. The van der Waals surface area contributed by atoms with E-state index in [0.29, 0.717) is 23.9 Å². The molecule has 0 saturated heterocycles. The summed E-state index contributed by atoms with van der Waals surface area (Å²) in [6.07, 6.45) is 0. The van der Waals surface area contributed by atoms with Crippen molar-refractivity contribution in [2.45, 2.75) is 13.5 Å². The van der Waals surface area contributed by atoms with Crippen LogP contribution in [0.4, 0.5) is 17.3 Å². The van der Waals surface area contributed by atoms with Crippen molar-refractivity contribution in [2.24, 2.45) is 0 Å². The van der Waals surface area contributed by atoms with E-state index in [1.807, 2.05) is 14.1 Å². The van der Waals surface area contributed by atoms with Crippen LogP contribution in [0, 0.1) is 17.0 Å². The van der Waals surface area contributed by atoms with Gasteiger partial charge < -0.3 is 10.2 Å². The highest BCUT2D eigenvalue weighted by atomic mass is 16.6. The van der Waals surface area contributed by atoms with Gasteiger partial charge in [-0.1, -0.05) is 0 Å². The van der Waals surface area contributed by atoms with Gasteiger partial charge in [-0.2, -0.15) is 4.98 Å². The van der Waals surface area contributed by atoms with Gasteiger partial charge in [-0.25, -0.2) is 0 Å². The van der Waals surface area contributed by atoms with Crippen molar-refractivity contribution in [1.29, 1.82) is 0 Å². The second kappa shape index (κ2) is 5.55. The zero-order valence-corrected chi connectivity index (χ0v) is 11.5. The third kappa shape index (κ3) is 3.02.